The van der Waals surface area contributed by atoms with E-state index in [1.165, 1.54) is 11.8 Å². The van der Waals surface area contributed by atoms with Gasteiger partial charge in [0.15, 0.2) is 5.82 Å². The van der Waals surface area contributed by atoms with Crippen LogP contribution >= 0.6 is 35.0 Å². The first-order valence-electron chi connectivity index (χ1n) is 4.26. The minimum Gasteiger partial charge on any atom is -0.223 e. The molecule has 0 aliphatic rings. The van der Waals surface area contributed by atoms with Crippen molar-refractivity contribution < 1.29 is 4.39 Å². The lowest BCUT2D eigenvalue weighted by Gasteiger charge is -2.02. The SMILES string of the molecule is Fc1cnc(Cl)nc1Sc1ccc(Cl)cc1. The fourth-order valence-electron chi connectivity index (χ4n) is 1.02. The Morgan fingerprint density at radius 1 is 1.12 bits per heavy atom. The molecule has 0 atom stereocenters. The molecule has 6 heteroatoms. The van der Waals surface area contributed by atoms with E-state index in [0.29, 0.717) is 5.02 Å². The van der Waals surface area contributed by atoms with E-state index in [-0.39, 0.29) is 10.3 Å². The van der Waals surface area contributed by atoms with E-state index in [2.05, 4.69) is 9.97 Å². The van der Waals surface area contributed by atoms with E-state index >= 15 is 0 Å². The van der Waals surface area contributed by atoms with Crippen LogP contribution < -0.4 is 0 Å². The number of halogens is 3. The maximum atomic E-state index is 13.3. The Balaban J connectivity index is 2.26. The maximum Gasteiger partial charge on any atom is 0.223 e. The summed E-state index contributed by atoms with van der Waals surface area (Å²) in [5.74, 6) is -0.496. The molecule has 0 fully saturated rings. The minimum absolute atomic E-state index is 0.0258. The van der Waals surface area contributed by atoms with Crippen LogP contribution in [0.3, 0.4) is 0 Å². The molecule has 2 aromatic rings. The van der Waals surface area contributed by atoms with Gasteiger partial charge in [-0.15, -0.1) is 0 Å². The van der Waals surface area contributed by atoms with E-state index in [4.69, 9.17) is 23.2 Å². The summed E-state index contributed by atoms with van der Waals surface area (Å²) in [5.41, 5.74) is 0. The molecule has 0 bridgehead atoms. The van der Waals surface area contributed by atoms with E-state index in [0.717, 1.165) is 11.1 Å². The number of rotatable bonds is 2. The van der Waals surface area contributed by atoms with Gasteiger partial charge in [0, 0.05) is 9.92 Å². The Hall–Kier alpha value is -0.840. The quantitative estimate of drug-likeness (QED) is 0.610. The van der Waals surface area contributed by atoms with Crippen LogP contribution in [0.25, 0.3) is 0 Å². The zero-order chi connectivity index (χ0) is 11.5. The highest BCUT2D eigenvalue weighted by molar-refractivity contribution is 7.99. The van der Waals surface area contributed by atoms with Crippen LogP contribution in [0.5, 0.6) is 0 Å². The molecule has 0 aliphatic carbocycles. The molecule has 2 nitrogen and oxygen atoms in total. The highest BCUT2D eigenvalue weighted by Gasteiger charge is 2.07. The molecule has 1 aromatic carbocycles. The van der Waals surface area contributed by atoms with Crippen molar-refractivity contribution in [3.8, 4) is 0 Å². The summed E-state index contributed by atoms with van der Waals surface area (Å²) < 4.78 is 13.3. The zero-order valence-corrected chi connectivity index (χ0v) is 10.2. The predicted octanol–water partition coefficient (Wildman–Crippen LogP) is 4.07. The van der Waals surface area contributed by atoms with E-state index < -0.39 is 5.82 Å². The van der Waals surface area contributed by atoms with Gasteiger partial charge in [-0.25, -0.2) is 14.4 Å². The van der Waals surface area contributed by atoms with Crippen LogP contribution in [0.4, 0.5) is 4.39 Å². The molecule has 0 aliphatic heterocycles. The Morgan fingerprint density at radius 3 is 2.50 bits per heavy atom. The second-order valence-corrected chi connectivity index (χ2v) is 4.68. The standard InChI is InChI=1S/C10H5Cl2FN2S/c11-6-1-3-7(4-2-6)16-9-8(13)5-14-10(12)15-9/h1-5H. The van der Waals surface area contributed by atoms with Gasteiger partial charge in [0.05, 0.1) is 6.20 Å². The summed E-state index contributed by atoms with van der Waals surface area (Å²) in [6, 6.07) is 7.01. The third-order valence-electron chi connectivity index (χ3n) is 1.71. The van der Waals surface area contributed by atoms with Gasteiger partial charge in [0.2, 0.25) is 5.28 Å². The van der Waals surface area contributed by atoms with Gasteiger partial charge in [-0.2, -0.15) is 0 Å². The normalized spacial score (nSPS) is 10.4. The Bertz CT molecular complexity index is 505. The van der Waals surface area contributed by atoms with Crippen LogP contribution in [0, 0.1) is 5.82 Å². The second kappa shape index (κ2) is 4.99. The summed E-state index contributed by atoms with van der Waals surface area (Å²) in [5, 5.41) is 0.853. The highest BCUT2D eigenvalue weighted by atomic mass is 35.5. The van der Waals surface area contributed by atoms with Gasteiger partial charge in [-0.1, -0.05) is 23.4 Å². The van der Waals surface area contributed by atoms with E-state index in [1.54, 1.807) is 24.3 Å². The van der Waals surface area contributed by atoms with Crippen molar-refractivity contribution in [3.63, 3.8) is 0 Å². The lowest BCUT2D eigenvalue weighted by molar-refractivity contribution is 0.579. The summed E-state index contributed by atoms with van der Waals surface area (Å²) in [7, 11) is 0. The molecule has 0 spiro atoms. The molecule has 2 rings (SSSR count). The zero-order valence-electron chi connectivity index (χ0n) is 7.82. The molecule has 82 valence electrons. The Kier molecular flexibility index (Phi) is 3.63. The molecule has 1 aromatic heterocycles. The number of aromatic nitrogens is 2. The van der Waals surface area contributed by atoms with Crippen molar-refractivity contribution in [2.45, 2.75) is 9.92 Å². The molecule has 0 amide bonds. The van der Waals surface area contributed by atoms with Crippen molar-refractivity contribution in [2.24, 2.45) is 0 Å². The van der Waals surface area contributed by atoms with Gasteiger partial charge < -0.3 is 0 Å². The van der Waals surface area contributed by atoms with Crippen molar-refractivity contribution in [1.29, 1.82) is 0 Å². The molecule has 0 N–H and O–H groups in total. The Labute approximate surface area is 106 Å². The minimum atomic E-state index is -0.496. The van der Waals surface area contributed by atoms with Crippen molar-refractivity contribution in [3.05, 3.63) is 46.6 Å². The molecular weight excluding hydrogens is 270 g/mol. The molecule has 0 unspecified atom stereocenters. The van der Waals surface area contributed by atoms with Crippen LogP contribution in [0.15, 0.2) is 40.4 Å². The first kappa shape index (κ1) is 11.6. The van der Waals surface area contributed by atoms with Gasteiger partial charge in [0.25, 0.3) is 0 Å². The fraction of sp³-hybridized carbons (Fsp3) is 0. The molecule has 16 heavy (non-hydrogen) atoms. The van der Waals surface area contributed by atoms with Crippen LogP contribution in [-0.4, -0.2) is 9.97 Å². The lowest BCUT2D eigenvalue weighted by Crippen LogP contribution is -1.90. The molecule has 0 radical (unpaired) electrons. The van der Waals surface area contributed by atoms with Gasteiger partial charge >= 0.3 is 0 Å². The summed E-state index contributed by atoms with van der Waals surface area (Å²) >= 11 is 12.5. The van der Waals surface area contributed by atoms with Crippen molar-refractivity contribution in [2.75, 3.05) is 0 Å². The first-order valence-corrected chi connectivity index (χ1v) is 5.84. The highest BCUT2D eigenvalue weighted by Crippen LogP contribution is 2.29. The van der Waals surface area contributed by atoms with Crippen LogP contribution in [0.2, 0.25) is 10.3 Å². The van der Waals surface area contributed by atoms with Crippen molar-refractivity contribution >= 4 is 35.0 Å². The summed E-state index contributed by atoms with van der Waals surface area (Å²) in [6.07, 6.45) is 1.05. The molecule has 0 saturated heterocycles. The maximum absolute atomic E-state index is 13.3. The number of nitrogens with zero attached hydrogens (tertiary/aromatic N) is 2. The average Bonchev–Trinajstić information content (AvgIpc) is 2.27. The average molecular weight is 275 g/mol. The van der Waals surface area contributed by atoms with Crippen LogP contribution in [0.1, 0.15) is 0 Å². The largest absolute Gasteiger partial charge is 0.223 e. The Morgan fingerprint density at radius 2 is 1.81 bits per heavy atom. The number of benzene rings is 1. The number of hydrogen-bond donors (Lipinski definition) is 0. The molecule has 0 saturated carbocycles. The third kappa shape index (κ3) is 2.84. The summed E-state index contributed by atoms with van der Waals surface area (Å²) in [4.78, 5) is 8.17. The van der Waals surface area contributed by atoms with Gasteiger partial charge in [-0.3, -0.25) is 0 Å². The topological polar surface area (TPSA) is 25.8 Å². The smallest absolute Gasteiger partial charge is 0.223 e. The monoisotopic (exact) mass is 274 g/mol. The molecule has 1 heterocycles. The van der Waals surface area contributed by atoms with Gasteiger partial charge in [0.1, 0.15) is 5.03 Å². The van der Waals surface area contributed by atoms with Crippen molar-refractivity contribution in [1.82, 2.24) is 9.97 Å². The second-order valence-electron chi connectivity index (χ2n) is 2.85. The number of hydrogen-bond acceptors (Lipinski definition) is 3. The van der Waals surface area contributed by atoms with Gasteiger partial charge in [-0.05, 0) is 35.9 Å². The first-order chi connectivity index (χ1) is 7.65. The molecular formula is C10H5Cl2FN2S. The fourth-order valence-corrected chi connectivity index (χ4v) is 2.10. The van der Waals surface area contributed by atoms with E-state index in [9.17, 15) is 4.39 Å². The predicted molar refractivity (Wildman–Crippen MR) is 62.6 cm³/mol. The lowest BCUT2D eigenvalue weighted by atomic mass is 10.4. The van der Waals surface area contributed by atoms with E-state index in [1.807, 2.05) is 0 Å². The summed E-state index contributed by atoms with van der Waals surface area (Å²) in [6.45, 7) is 0. The van der Waals surface area contributed by atoms with Crippen LogP contribution in [-0.2, 0) is 0 Å². The third-order valence-corrected chi connectivity index (χ3v) is 3.13.